The summed E-state index contributed by atoms with van der Waals surface area (Å²) in [6.45, 7) is 11.1. The first-order valence-electron chi connectivity index (χ1n) is 27.7. The molecule has 0 spiro atoms. The maximum absolute atomic E-state index is 14.0. The van der Waals surface area contributed by atoms with Crippen LogP contribution in [0.2, 0.25) is 0 Å². The summed E-state index contributed by atoms with van der Waals surface area (Å²) in [5.74, 6) is -2.89. The van der Waals surface area contributed by atoms with Crippen molar-refractivity contribution in [2.24, 2.45) is 17.6 Å². The minimum Gasteiger partial charge on any atom is -0.480 e. The van der Waals surface area contributed by atoms with Gasteiger partial charge in [0.2, 0.25) is 35.4 Å². The predicted octanol–water partition coefficient (Wildman–Crippen LogP) is 0.809. The van der Waals surface area contributed by atoms with Crippen molar-refractivity contribution in [1.82, 2.24) is 51.2 Å². The van der Waals surface area contributed by atoms with Gasteiger partial charge in [0.25, 0.3) is 0 Å². The number of carboxylic acid groups (broad SMARTS) is 3. The molecule has 0 aromatic carbocycles. The molecule has 3 heterocycles. The Morgan fingerprint density at radius 1 is 0.658 bits per heavy atom. The van der Waals surface area contributed by atoms with Crippen LogP contribution >= 0.6 is 23.5 Å². The van der Waals surface area contributed by atoms with Gasteiger partial charge in [0.05, 0.1) is 37.6 Å². The van der Waals surface area contributed by atoms with Crippen LogP contribution in [0.25, 0.3) is 0 Å². The van der Waals surface area contributed by atoms with Crippen LogP contribution in [0.3, 0.4) is 0 Å². The Morgan fingerprint density at radius 2 is 1.13 bits per heavy atom. The summed E-state index contributed by atoms with van der Waals surface area (Å²) in [5.41, 5.74) is 6.09. The Morgan fingerprint density at radius 3 is 1.58 bits per heavy atom. The van der Waals surface area contributed by atoms with Gasteiger partial charge in [-0.3, -0.25) is 67.7 Å². The van der Waals surface area contributed by atoms with E-state index in [4.69, 9.17) is 15.5 Å². The highest BCUT2D eigenvalue weighted by Gasteiger charge is 2.43. The molecular weight excluding hydrogens is 1060 g/mol. The van der Waals surface area contributed by atoms with Gasteiger partial charge in [-0.1, -0.05) is 40.2 Å². The predicted molar refractivity (Wildman–Crippen MR) is 302 cm³/mol. The molecule has 446 valence electrons. The number of thioether (sulfide) groups is 2. The minimum absolute atomic E-state index is 0.0430. The standard InChI is InChI=1S/C53H89N11O13S2/c1-5-39(4)49(50(54)74)59-51(75)42(13-12-38(2)3)58-52(76)53(16-28-77-29-17-53)60-44(66)15-31-79-37-41-11-9-10-40(57-41)36-78-30-14-43(65)55-18-7-6-8-19-56-45(67)32-61-20-22-62(33-46(68)69)24-26-64(35-48(72)73)27-25-63(23-21-61)34-47(70)71/h9-11,38-39,42,49H,5-8,12-37H2,1-4H3,(H2,54,74)(H,55,65)(H,56,67)(H,58,76)(H,59,75)(H,60,66)(H,68,69)(H,70,71)(H,72,73)/t39-,42-,49-/m0/s1. The first kappa shape index (κ1) is 68.2. The molecule has 1 aromatic heterocycles. The second-order valence-corrected chi connectivity index (χ2v) is 23.0. The fourth-order valence-electron chi connectivity index (χ4n) is 8.89. The number of aliphatic carboxylic acids is 3. The van der Waals surface area contributed by atoms with Crippen LogP contribution < -0.4 is 32.3 Å². The smallest absolute Gasteiger partial charge is 0.317 e. The molecule has 0 bridgehead atoms. The van der Waals surface area contributed by atoms with Crippen molar-refractivity contribution in [3.63, 3.8) is 0 Å². The summed E-state index contributed by atoms with van der Waals surface area (Å²) in [6.07, 6.45) is 4.81. The third-order valence-corrected chi connectivity index (χ3v) is 15.8. The molecule has 0 unspecified atom stereocenters. The van der Waals surface area contributed by atoms with E-state index in [9.17, 15) is 58.5 Å². The van der Waals surface area contributed by atoms with Crippen molar-refractivity contribution in [2.75, 3.05) is 116 Å². The summed E-state index contributed by atoms with van der Waals surface area (Å²) in [7, 11) is 0. The van der Waals surface area contributed by atoms with Gasteiger partial charge in [-0.2, -0.15) is 23.5 Å². The van der Waals surface area contributed by atoms with Gasteiger partial charge in [-0.25, -0.2) is 0 Å². The lowest BCUT2D eigenvalue weighted by atomic mass is 9.88. The van der Waals surface area contributed by atoms with Crippen molar-refractivity contribution in [3.05, 3.63) is 29.6 Å². The van der Waals surface area contributed by atoms with Crippen LogP contribution in [0.5, 0.6) is 0 Å². The molecule has 24 nitrogen and oxygen atoms in total. The number of pyridine rings is 1. The van der Waals surface area contributed by atoms with Crippen LogP contribution in [0, 0.1) is 11.8 Å². The van der Waals surface area contributed by atoms with E-state index in [1.54, 1.807) is 38.2 Å². The van der Waals surface area contributed by atoms with E-state index in [0.29, 0.717) is 107 Å². The van der Waals surface area contributed by atoms with Gasteiger partial charge in [0, 0.05) is 127 Å². The second-order valence-electron chi connectivity index (χ2n) is 20.8. The maximum atomic E-state index is 14.0. The monoisotopic (exact) mass is 1150 g/mol. The molecule has 2 aliphatic rings. The highest BCUT2D eigenvalue weighted by molar-refractivity contribution is 7.98. The number of aromatic nitrogens is 1. The van der Waals surface area contributed by atoms with Crippen LogP contribution in [-0.4, -0.2) is 227 Å². The van der Waals surface area contributed by atoms with Crippen molar-refractivity contribution >= 4 is 76.9 Å². The number of nitrogens with one attached hydrogen (secondary N) is 5. The zero-order chi connectivity index (χ0) is 58.2. The molecule has 2 aliphatic heterocycles. The molecule has 1 aromatic rings. The van der Waals surface area contributed by atoms with Crippen molar-refractivity contribution < 1.29 is 63.2 Å². The number of carboxylic acids is 3. The number of amides is 6. The highest BCUT2D eigenvalue weighted by atomic mass is 32.2. The lowest BCUT2D eigenvalue weighted by molar-refractivity contribution is -0.140. The molecule has 0 radical (unpaired) electrons. The van der Waals surface area contributed by atoms with Gasteiger partial charge < -0.3 is 52.4 Å². The quantitative estimate of drug-likeness (QED) is 0.0425. The zero-order valence-corrected chi connectivity index (χ0v) is 48.4. The number of nitrogens with two attached hydrogens (primary N) is 1. The normalized spacial score (nSPS) is 17.2. The zero-order valence-electron chi connectivity index (χ0n) is 46.8. The lowest BCUT2D eigenvalue weighted by Gasteiger charge is -2.37. The average Bonchev–Trinajstić information content (AvgIpc) is 3.41. The van der Waals surface area contributed by atoms with Gasteiger partial charge in [0.1, 0.15) is 17.6 Å². The third kappa shape index (κ3) is 28.7. The van der Waals surface area contributed by atoms with Gasteiger partial charge in [0.15, 0.2) is 0 Å². The average molecular weight is 1150 g/mol. The van der Waals surface area contributed by atoms with E-state index in [2.05, 4.69) is 26.6 Å². The number of carbonyl (C=O) groups excluding carboxylic acids is 6. The molecule has 2 fully saturated rings. The Kier molecular flexibility index (Phi) is 32.6. The molecule has 0 saturated carbocycles. The molecule has 3 rings (SSSR count). The van der Waals surface area contributed by atoms with Crippen molar-refractivity contribution in [2.45, 2.75) is 121 Å². The summed E-state index contributed by atoms with van der Waals surface area (Å²) < 4.78 is 5.55. The van der Waals surface area contributed by atoms with Crippen molar-refractivity contribution in [1.29, 1.82) is 0 Å². The summed E-state index contributed by atoms with van der Waals surface area (Å²) in [5, 5.41) is 42.8. The first-order chi connectivity index (χ1) is 37.7. The Labute approximate surface area is 473 Å². The minimum atomic E-state index is -1.26. The number of rotatable bonds is 35. The first-order valence-corrected chi connectivity index (χ1v) is 30.0. The number of primary amides is 1. The molecule has 3 atom stereocenters. The van der Waals surface area contributed by atoms with Gasteiger partial charge in [-0.15, -0.1) is 0 Å². The van der Waals surface area contributed by atoms with Crippen LogP contribution in [-0.2, 0) is 59.4 Å². The topological polar surface area (TPSA) is 336 Å². The number of unbranched alkanes of at least 4 members (excludes halogenated alkanes) is 2. The summed E-state index contributed by atoms with van der Waals surface area (Å²) in [6, 6.07) is 3.98. The van der Waals surface area contributed by atoms with E-state index in [1.165, 1.54) is 0 Å². The molecule has 0 aliphatic carbocycles. The molecule has 6 amide bonds. The Hall–Kier alpha value is -5.12. The fourth-order valence-corrected chi connectivity index (χ4v) is 10.6. The fraction of sp³-hybridized carbons (Fsp3) is 0.736. The number of nitrogens with zero attached hydrogens (tertiary/aromatic N) is 5. The molecule has 10 N–H and O–H groups in total. The SMILES string of the molecule is CC[C@H](C)[C@H](NC(=O)[C@H](CCC(C)C)NC(=O)C1(NC(=O)CCSCc2cccc(CSCCC(=O)NCCCCCNC(=O)CN3CCN(CC(=O)O)CCN(CC(=O)O)CCN(CC(=O)O)CC3)n2)CCOCC1)C(N)=O. The highest BCUT2D eigenvalue weighted by Crippen LogP contribution is 2.23. The van der Waals surface area contributed by atoms with E-state index in [0.717, 1.165) is 24.2 Å². The molecular formula is C53H89N11O13S2. The van der Waals surface area contributed by atoms with E-state index in [-0.39, 0.29) is 101 Å². The molecule has 2 saturated heterocycles. The van der Waals surface area contributed by atoms with Crippen LogP contribution in [0.15, 0.2) is 18.2 Å². The summed E-state index contributed by atoms with van der Waals surface area (Å²) >= 11 is 3.15. The number of ether oxygens (including phenoxy) is 1. The third-order valence-electron chi connectivity index (χ3n) is 13.8. The van der Waals surface area contributed by atoms with Gasteiger partial charge in [-0.05, 0) is 56.1 Å². The summed E-state index contributed by atoms with van der Waals surface area (Å²) in [4.78, 5) is 125. The second kappa shape index (κ2) is 37.7. The number of hydrogen-bond acceptors (Lipinski definition) is 17. The van der Waals surface area contributed by atoms with Crippen LogP contribution in [0.1, 0.15) is 103 Å². The van der Waals surface area contributed by atoms with Crippen LogP contribution in [0.4, 0.5) is 0 Å². The van der Waals surface area contributed by atoms with Gasteiger partial charge >= 0.3 is 17.9 Å². The van der Waals surface area contributed by atoms with E-state index in [1.807, 2.05) is 50.8 Å². The largest absolute Gasteiger partial charge is 0.480 e. The molecule has 79 heavy (non-hydrogen) atoms. The maximum Gasteiger partial charge on any atom is 0.317 e. The number of carbonyl (C=O) groups is 9. The van der Waals surface area contributed by atoms with E-state index >= 15 is 0 Å². The molecule has 26 heteroatoms. The Balaban J connectivity index is 1.34. The lowest BCUT2D eigenvalue weighted by Crippen LogP contribution is -2.64. The Bertz CT molecular complexity index is 2070. The number of hydrogen-bond donors (Lipinski definition) is 9. The van der Waals surface area contributed by atoms with Crippen molar-refractivity contribution in [3.8, 4) is 0 Å². The van der Waals surface area contributed by atoms with E-state index < -0.39 is 53.3 Å².